The topological polar surface area (TPSA) is 102 Å². The van der Waals surface area contributed by atoms with Crippen LogP contribution in [0.15, 0.2) is 35.7 Å². The molecule has 1 aromatic carbocycles. The first kappa shape index (κ1) is 20.1. The summed E-state index contributed by atoms with van der Waals surface area (Å²) < 4.78 is 0. The molecular weight excluding hydrogens is 348 g/mol. The molecule has 2 amide bonds. The summed E-state index contributed by atoms with van der Waals surface area (Å²) in [6, 6.07) is 9.61. The van der Waals surface area contributed by atoms with Crippen molar-refractivity contribution in [2.24, 2.45) is 11.5 Å². The summed E-state index contributed by atoms with van der Waals surface area (Å²) in [4.78, 5) is 29.6. The molecule has 4 N–H and O–H groups in total. The lowest BCUT2D eigenvalue weighted by atomic mass is 10.2. The number of hydrogen-bond donors (Lipinski definition) is 2. The maximum absolute atomic E-state index is 12.7. The molecule has 0 aliphatic carbocycles. The molecule has 0 saturated heterocycles. The van der Waals surface area contributed by atoms with E-state index in [4.69, 9.17) is 11.5 Å². The zero-order chi connectivity index (χ0) is 16.7. The van der Waals surface area contributed by atoms with Crippen molar-refractivity contribution in [3.8, 4) is 0 Å². The molecule has 2 aromatic rings. The van der Waals surface area contributed by atoms with Crippen LogP contribution in [0.1, 0.15) is 27.5 Å². The van der Waals surface area contributed by atoms with Crippen molar-refractivity contribution in [2.45, 2.75) is 19.4 Å². The van der Waals surface area contributed by atoms with Crippen molar-refractivity contribution >= 4 is 35.6 Å². The summed E-state index contributed by atoms with van der Waals surface area (Å²) in [5.41, 5.74) is 12.1. The molecule has 6 nitrogen and oxygen atoms in total. The van der Waals surface area contributed by atoms with E-state index >= 15 is 0 Å². The first-order valence-corrected chi connectivity index (χ1v) is 8.24. The number of carbonyl (C=O) groups is 2. The number of amides is 2. The Balaban J connectivity index is 0.00000288. The number of primary amides is 1. The molecular formula is C16H21ClN4O2S. The highest BCUT2D eigenvalue weighted by Crippen LogP contribution is 2.14. The minimum Gasteiger partial charge on any atom is -0.370 e. The fourth-order valence-electron chi connectivity index (χ4n) is 2.11. The van der Waals surface area contributed by atoms with Crippen LogP contribution in [0.2, 0.25) is 0 Å². The van der Waals surface area contributed by atoms with Crippen LogP contribution < -0.4 is 11.5 Å². The third kappa shape index (κ3) is 5.92. The Morgan fingerprint density at radius 1 is 1.21 bits per heavy atom. The molecule has 0 aliphatic rings. The van der Waals surface area contributed by atoms with E-state index in [2.05, 4.69) is 4.98 Å². The molecule has 0 saturated carbocycles. The van der Waals surface area contributed by atoms with Gasteiger partial charge in [-0.1, -0.05) is 30.3 Å². The molecule has 1 heterocycles. The van der Waals surface area contributed by atoms with Gasteiger partial charge in [0.05, 0.1) is 5.01 Å². The molecule has 0 bridgehead atoms. The van der Waals surface area contributed by atoms with Crippen LogP contribution in [0.5, 0.6) is 0 Å². The average Bonchev–Trinajstić information content (AvgIpc) is 3.00. The van der Waals surface area contributed by atoms with Crippen molar-refractivity contribution in [1.29, 1.82) is 0 Å². The Morgan fingerprint density at radius 2 is 1.92 bits per heavy atom. The first-order chi connectivity index (χ1) is 11.1. The summed E-state index contributed by atoms with van der Waals surface area (Å²) in [6.45, 7) is 1.18. The molecule has 0 fully saturated rings. The van der Waals surface area contributed by atoms with E-state index in [0.717, 1.165) is 10.6 Å². The van der Waals surface area contributed by atoms with E-state index in [1.807, 2.05) is 30.3 Å². The number of thiazole rings is 1. The lowest BCUT2D eigenvalue weighted by Crippen LogP contribution is -2.33. The van der Waals surface area contributed by atoms with Crippen LogP contribution in [0, 0.1) is 0 Å². The fraction of sp³-hybridized carbons (Fsp3) is 0.312. The largest absolute Gasteiger partial charge is 0.370 e. The summed E-state index contributed by atoms with van der Waals surface area (Å²) >= 11 is 1.42. The first-order valence-electron chi connectivity index (χ1n) is 7.36. The Labute approximate surface area is 151 Å². The quantitative estimate of drug-likeness (QED) is 0.738. The predicted molar refractivity (Wildman–Crippen MR) is 97.1 cm³/mol. The van der Waals surface area contributed by atoms with Crippen molar-refractivity contribution in [1.82, 2.24) is 9.88 Å². The lowest BCUT2D eigenvalue weighted by molar-refractivity contribution is -0.118. The Kier molecular flexibility index (Phi) is 8.39. The third-order valence-corrected chi connectivity index (χ3v) is 4.17. The second-order valence-corrected chi connectivity index (χ2v) is 6.04. The maximum atomic E-state index is 12.7. The van der Waals surface area contributed by atoms with Gasteiger partial charge in [0, 0.05) is 31.3 Å². The molecule has 8 heteroatoms. The molecule has 0 spiro atoms. The van der Waals surface area contributed by atoms with Crippen LogP contribution in [-0.4, -0.2) is 34.8 Å². The molecule has 2 rings (SSSR count). The smallest absolute Gasteiger partial charge is 0.273 e. The summed E-state index contributed by atoms with van der Waals surface area (Å²) in [5.74, 6) is -0.632. The highest BCUT2D eigenvalue weighted by molar-refractivity contribution is 7.09. The van der Waals surface area contributed by atoms with E-state index in [1.165, 1.54) is 11.3 Å². The molecule has 0 aliphatic heterocycles. The Hall–Kier alpha value is -1.96. The molecule has 24 heavy (non-hydrogen) atoms. The zero-order valence-electron chi connectivity index (χ0n) is 13.2. The number of carbonyl (C=O) groups excluding carboxylic acids is 2. The van der Waals surface area contributed by atoms with Gasteiger partial charge in [-0.3, -0.25) is 9.59 Å². The highest BCUT2D eigenvalue weighted by Gasteiger charge is 2.19. The van der Waals surface area contributed by atoms with E-state index in [0.29, 0.717) is 25.2 Å². The number of nitrogens with two attached hydrogens (primary N) is 2. The molecule has 130 valence electrons. The monoisotopic (exact) mass is 368 g/mol. The molecule has 1 aromatic heterocycles. The average molecular weight is 369 g/mol. The van der Waals surface area contributed by atoms with Gasteiger partial charge < -0.3 is 16.4 Å². The standard InChI is InChI=1S/C16H20N4O2S.ClH/c17-8-6-15-19-13(11-23-15)16(22)20(9-7-14(18)21)10-12-4-2-1-3-5-12;/h1-5,11H,6-10,17H2,(H2,18,21);1H. The number of benzene rings is 1. The maximum Gasteiger partial charge on any atom is 0.273 e. The molecule has 0 unspecified atom stereocenters. The van der Waals surface area contributed by atoms with Gasteiger partial charge in [-0.15, -0.1) is 23.7 Å². The van der Waals surface area contributed by atoms with Gasteiger partial charge in [0.15, 0.2) is 0 Å². The number of aromatic nitrogens is 1. The second kappa shape index (κ2) is 10.0. The number of nitrogens with zero attached hydrogens (tertiary/aromatic N) is 2. The SMILES string of the molecule is Cl.NCCc1nc(C(=O)N(CCC(N)=O)Cc2ccccc2)cs1. The van der Waals surface area contributed by atoms with Crippen molar-refractivity contribution in [3.63, 3.8) is 0 Å². The summed E-state index contributed by atoms with van der Waals surface area (Å²) in [7, 11) is 0. The van der Waals surface area contributed by atoms with E-state index in [-0.39, 0.29) is 31.3 Å². The minimum atomic E-state index is -0.432. The fourth-order valence-corrected chi connectivity index (χ4v) is 2.90. The van der Waals surface area contributed by atoms with Gasteiger partial charge in [-0.05, 0) is 12.1 Å². The zero-order valence-corrected chi connectivity index (χ0v) is 14.8. The number of halogens is 1. The Morgan fingerprint density at radius 3 is 2.54 bits per heavy atom. The van der Waals surface area contributed by atoms with Gasteiger partial charge in [-0.2, -0.15) is 0 Å². The lowest BCUT2D eigenvalue weighted by Gasteiger charge is -2.21. The summed E-state index contributed by atoms with van der Waals surface area (Å²) in [5, 5.41) is 2.57. The summed E-state index contributed by atoms with van der Waals surface area (Å²) in [6.07, 6.45) is 0.774. The van der Waals surface area contributed by atoms with Gasteiger partial charge >= 0.3 is 0 Å². The van der Waals surface area contributed by atoms with Gasteiger partial charge in [0.2, 0.25) is 5.91 Å². The van der Waals surface area contributed by atoms with Crippen molar-refractivity contribution in [3.05, 3.63) is 52.0 Å². The van der Waals surface area contributed by atoms with Crippen LogP contribution >= 0.6 is 23.7 Å². The van der Waals surface area contributed by atoms with Gasteiger partial charge in [0.25, 0.3) is 5.91 Å². The van der Waals surface area contributed by atoms with Crippen LogP contribution in [0.4, 0.5) is 0 Å². The minimum absolute atomic E-state index is 0. The van der Waals surface area contributed by atoms with Crippen LogP contribution in [0.25, 0.3) is 0 Å². The third-order valence-electron chi connectivity index (χ3n) is 3.26. The van der Waals surface area contributed by atoms with Crippen LogP contribution in [-0.2, 0) is 17.8 Å². The van der Waals surface area contributed by atoms with Gasteiger partial charge in [0.1, 0.15) is 5.69 Å². The van der Waals surface area contributed by atoms with Crippen LogP contribution in [0.3, 0.4) is 0 Å². The molecule has 0 radical (unpaired) electrons. The predicted octanol–water partition coefficient (Wildman–Crippen LogP) is 1.58. The normalized spacial score (nSPS) is 10.0. The van der Waals surface area contributed by atoms with Crippen molar-refractivity contribution in [2.75, 3.05) is 13.1 Å². The second-order valence-electron chi connectivity index (χ2n) is 5.09. The number of rotatable bonds is 8. The molecule has 0 atom stereocenters. The van der Waals surface area contributed by atoms with Crippen molar-refractivity contribution < 1.29 is 9.59 Å². The van der Waals surface area contributed by atoms with E-state index < -0.39 is 5.91 Å². The Bertz CT molecular complexity index is 663. The van der Waals surface area contributed by atoms with E-state index in [9.17, 15) is 9.59 Å². The highest BCUT2D eigenvalue weighted by atomic mass is 35.5. The number of hydrogen-bond acceptors (Lipinski definition) is 5. The van der Waals surface area contributed by atoms with Gasteiger partial charge in [-0.25, -0.2) is 4.98 Å². The van der Waals surface area contributed by atoms with E-state index in [1.54, 1.807) is 10.3 Å².